The smallest absolute Gasteiger partial charge is 0.342 e. The molecular formula is C12H13N3O3S. The Morgan fingerprint density at radius 3 is 2.47 bits per heavy atom. The molecule has 0 amide bonds. The third-order valence-electron chi connectivity index (χ3n) is 2.61. The average molecular weight is 279 g/mol. The molecule has 0 radical (unpaired) electrons. The zero-order valence-corrected chi connectivity index (χ0v) is 11.3. The largest absolute Gasteiger partial charge is 0.497 e. The fourth-order valence-electron chi connectivity index (χ4n) is 1.67. The lowest BCUT2D eigenvalue weighted by atomic mass is 10.3. The second kappa shape index (κ2) is 5.23. The summed E-state index contributed by atoms with van der Waals surface area (Å²) in [6.07, 6.45) is 1.76. The van der Waals surface area contributed by atoms with Gasteiger partial charge in [-0.1, -0.05) is 0 Å². The monoisotopic (exact) mass is 279 g/mol. The van der Waals surface area contributed by atoms with Gasteiger partial charge in [0.1, 0.15) is 22.2 Å². The summed E-state index contributed by atoms with van der Waals surface area (Å²) in [5.41, 5.74) is 6.57. The number of carboxylic acid groups (broad SMARTS) is 1. The predicted octanol–water partition coefficient (Wildman–Crippen LogP) is 1.88. The summed E-state index contributed by atoms with van der Waals surface area (Å²) in [4.78, 5) is 11.2. The number of carbonyl (C=O) groups is 1. The molecular weight excluding hydrogens is 266 g/mol. The molecule has 1 aromatic heterocycles. The maximum atomic E-state index is 11.2. The van der Waals surface area contributed by atoms with E-state index in [1.807, 2.05) is 0 Å². The molecule has 19 heavy (non-hydrogen) atoms. The molecule has 1 aromatic carbocycles. The van der Waals surface area contributed by atoms with E-state index in [-0.39, 0.29) is 11.4 Å². The number of benzene rings is 1. The first-order chi connectivity index (χ1) is 9.08. The summed E-state index contributed by atoms with van der Waals surface area (Å²) in [6, 6.07) is 7.04. The second-order valence-corrected chi connectivity index (χ2v) is 4.48. The molecule has 2 aromatic rings. The first kappa shape index (κ1) is 13.3. The average Bonchev–Trinajstić information content (AvgIpc) is 2.76. The SMILES string of the molecule is COc1ccc(-n2nc(SC)c(C(=O)O)c2N)cc1. The molecule has 3 N–H and O–H groups in total. The lowest BCUT2D eigenvalue weighted by molar-refractivity contribution is 0.0694. The van der Waals surface area contributed by atoms with Crippen LogP contribution < -0.4 is 10.5 Å². The van der Waals surface area contributed by atoms with Crippen LogP contribution in [0.15, 0.2) is 29.3 Å². The van der Waals surface area contributed by atoms with Crippen LogP contribution in [0.25, 0.3) is 5.69 Å². The third-order valence-corrected chi connectivity index (χ3v) is 3.29. The van der Waals surface area contributed by atoms with Gasteiger partial charge in [0.2, 0.25) is 0 Å². The quantitative estimate of drug-likeness (QED) is 0.830. The fourth-order valence-corrected chi connectivity index (χ4v) is 2.23. The molecule has 0 fully saturated rings. The lowest BCUT2D eigenvalue weighted by Gasteiger charge is -2.05. The maximum absolute atomic E-state index is 11.2. The first-order valence-electron chi connectivity index (χ1n) is 5.38. The Hall–Kier alpha value is -2.15. The van der Waals surface area contributed by atoms with Gasteiger partial charge in [0.25, 0.3) is 0 Å². The molecule has 1 heterocycles. The van der Waals surface area contributed by atoms with Gasteiger partial charge in [-0.15, -0.1) is 11.8 Å². The number of methoxy groups -OCH3 is 1. The van der Waals surface area contributed by atoms with E-state index in [0.717, 1.165) is 0 Å². The van der Waals surface area contributed by atoms with Gasteiger partial charge in [-0.25, -0.2) is 9.48 Å². The number of carboxylic acids is 1. The Kier molecular flexibility index (Phi) is 3.66. The van der Waals surface area contributed by atoms with Crippen molar-refractivity contribution in [3.05, 3.63) is 29.8 Å². The van der Waals surface area contributed by atoms with Gasteiger partial charge in [0.05, 0.1) is 12.8 Å². The second-order valence-electron chi connectivity index (χ2n) is 3.68. The van der Waals surface area contributed by atoms with E-state index in [1.54, 1.807) is 37.6 Å². The van der Waals surface area contributed by atoms with Gasteiger partial charge in [-0.3, -0.25) is 0 Å². The van der Waals surface area contributed by atoms with Crippen LogP contribution in [0.4, 0.5) is 5.82 Å². The zero-order valence-electron chi connectivity index (χ0n) is 10.5. The van der Waals surface area contributed by atoms with E-state index >= 15 is 0 Å². The lowest BCUT2D eigenvalue weighted by Crippen LogP contribution is -2.05. The van der Waals surface area contributed by atoms with E-state index in [9.17, 15) is 4.79 Å². The van der Waals surface area contributed by atoms with Crippen molar-refractivity contribution in [1.29, 1.82) is 0 Å². The number of rotatable bonds is 4. The molecule has 0 saturated carbocycles. The molecule has 0 aliphatic heterocycles. The number of aromatic carboxylic acids is 1. The van der Waals surface area contributed by atoms with Gasteiger partial charge < -0.3 is 15.6 Å². The van der Waals surface area contributed by atoms with Gasteiger partial charge in [0, 0.05) is 0 Å². The highest BCUT2D eigenvalue weighted by molar-refractivity contribution is 7.98. The van der Waals surface area contributed by atoms with Crippen molar-refractivity contribution >= 4 is 23.5 Å². The molecule has 2 rings (SSSR count). The molecule has 6 nitrogen and oxygen atoms in total. The Labute approximate surface area is 114 Å². The molecule has 0 bridgehead atoms. The van der Waals surface area contributed by atoms with Crippen molar-refractivity contribution in [1.82, 2.24) is 9.78 Å². The minimum absolute atomic E-state index is 0.0309. The Morgan fingerprint density at radius 2 is 2.05 bits per heavy atom. The molecule has 100 valence electrons. The summed E-state index contributed by atoms with van der Waals surface area (Å²) < 4.78 is 6.48. The van der Waals surface area contributed by atoms with Crippen molar-refractivity contribution in [3.8, 4) is 11.4 Å². The molecule has 0 unspecified atom stereocenters. The maximum Gasteiger partial charge on any atom is 0.342 e. The number of hydrogen-bond acceptors (Lipinski definition) is 5. The fraction of sp³-hybridized carbons (Fsp3) is 0.167. The number of nitrogens with two attached hydrogens (primary N) is 1. The van der Waals surface area contributed by atoms with Crippen LogP contribution in [0.2, 0.25) is 0 Å². The van der Waals surface area contributed by atoms with Crippen LogP contribution in [-0.2, 0) is 0 Å². The third kappa shape index (κ3) is 2.37. The normalized spacial score (nSPS) is 10.4. The van der Waals surface area contributed by atoms with Gasteiger partial charge in [-0.2, -0.15) is 5.10 Å². The highest BCUT2D eigenvalue weighted by Crippen LogP contribution is 2.27. The number of nitrogens with zero attached hydrogens (tertiary/aromatic N) is 2. The molecule has 0 aliphatic carbocycles. The molecule has 7 heteroatoms. The number of nitrogen functional groups attached to an aromatic ring is 1. The summed E-state index contributed by atoms with van der Waals surface area (Å²) >= 11 is 1.24. The van der Waals surface area contributed by atoms with Gasteiger partial charge >= 0.3 is 5.97 Å². The minimum Gasteiger partial charge on any atom is -0.497 e. The number of thioether (sulfide) groups is 1. The minimum atomic E-state index is -1.08. The van der Waals surface area contributed by atoms with E-state index < -0.39 is 5.97 Å². The summed E-state index contributed by atoms with van der Waals surface area (Å²) in [5.74, 6) is -0.262. The number of ether oxygens (including phenoxy) is 1. The molecule has 0 spiro atoms. The van der Waals surface area contributed by atoms with E-state index in [4.69, 9.17) is 15.6 Å². The number of hydrogen-bond donors (Lipinski definition) is 2. The summed E-state index contributed by atoms with van der Waals surface area (Å²) in [7, 11) is 1.58. The Morgan fingerprint density at radius 1 is 1.42 bits per heavy atom. The highest BCUT2D eigenvalue weighted by Gasteiger charge is 2.21. The molecule has 0 atom stereocenters. The van der Waals surface area contributed by atoms with E-state index in [2.05, 4.69) is 5.10 Å². The van der Waals surface area contributed by atoms with Gasteiger partial charge in [0.15, 0.2) is 0 Å². The van der Waals surface area contributed by atoms with Crippen molar-refractivity contribution in [2.75, 3.05) is 19.1 Å². The predicted molar refractivity (Wildman–Crippen MR) is 73.3 cm³/mol. The zero-order chi connectivity index (χ0) is 14.0. The van der Waals surface area contributed by atoms with Crippen molar-refractivity contribution in [3.63, 3.8) is 0 Å². The summed E-state index contributed by atoms with van der Waals surface area (Å²) in [6.45, 7) is 0. The Bertz CT molecular complexity index is 607. The van der Waals surface area contributed by atoms with Gasteiger partial charge in [-0.05, 0) is 30.5 Å². The van der Waals surface area contributed by atoms with Crippen molar-refractivity contribution in [2.45, 2.75) is 5.03 Å². The topological polar surface area (TPSA) is 90.4 Å². The van der Waals surface area contributed by atoms with E-state index in [1.165, 1.54) is 16.4 Å². The van der Waals surface area contributed by atoms with Crippen LogP contribution in [0.3, 0.4) is 0 Å². The van der Waals surface area contributed by atoms with Crippen LogP contribution in [0.1, 0.15) is 10.4 Å². The molecule has 0 saturated heterocycles. The van der Waals surface area contributed by atoms with Crippen LogP contribution in [0.5, 0.6) is 5.75 Å². The summed E-state index contributed by atoms with van der Waals surface area (Å²) in [5, 5.41) is 13.8. The van der Waals surface area contributed by atoms with Crippen LogP contribution in [-0.4, -0.2) is 34.2 Å². The van der Waals surface area contributed by atoms with Crippen LogP contribution >= 0.6 is 11.8 Å². The molecule has 0 aliphatic rings. The van der Waals surface area contributed by atoms with E-state index in [0.29, 0.717) is 16.5 Å². The van der Waals surface area contributed by atoms with Crippen LogP contribution in [0, 0.1) is 0 Å². The number of aromatic nitrogens is 2. The Balaban J connectivity index is 2.52. The number of anilines is 1. The first-order valence-corrected chi connectivity index (χ1v) is 6.61. The standard InChI is InChI=1S/C12H13N3O3S/c1-18-8-5-3-7(4-6-8)15-10(13)9(12(16)17)11(14-15)19-2/h3-6H,13H2,1-2H3,(H,16,17). The van der Waals surface area contributed by atoms with Crippen molar-refractivity contribution in [2.24, 2.45) is 0 Å². The highest BCUT2D eigenvalue weighted by atomic mass is 32.2. The van der Waals surface area contributed by atoms with Crippen molar-refractivity contribution < 1.29 is 14.6 Å².